The molecule has 0 saturated carbocycles. The van der Waals surface area contributed by atoms with E-state index in [4.69, 9.17) is 28.3 Å². The van der Waals surface area contributed by atoms with Crippen LogP contribution in [0.4, 0.5) is 0 Å². The van der Waals surface area contributed by atoms with Gasteiger partial charge in [0, 0.05) is 12.6 Å². The molecule has 1 heterocycles. The molecule has 2 rings (SSSR count). The van der Waals surface area contributed by atoms with E-state index >= 15 is 0 Å². The van der Waals surface area contributed by atoms with Crippen LogP contribution in [0.2, 0.25) is 10.0 Å². The fourth-order valence-corrected chi connectivity index (χ4v) is 3.35. The summed E-state index contributed by atoms with van der Waals surface area (Å²) in [7, 11) is 0. The summed E-state index contributed by atoms with van der Waals surface area (Å²) in [6, 6.07) is 6.26. The molecule has 5 heteroatoms. The van der Waals surface area contributed by atoms with E-state index < -0.39 is 5.97 Å². The van der Waals surface area contributed by atoms with Crippen molar-refractivity contribution in [2.45, 2.75) is 45.1 Å². The van der Waals surface area contributed by atoms with Crippen LogP contribution >= 0.6 is 23.2 Å². The molecular weight excluding hydrogens is 321 g/mol. The van der Waals surface area contributed by atoms with E-state index in [-0.39, 0.29) is 5.92 Å². The molecule has 1 aromatic carbocycles. The Balaban J connectivity index is 1.75. The summed E-state index contributed by atoms with van der Waals surface area (Å²) in [6.07, 6.45) is 4.89. The van der Waals surface area contributed by atoms with Gasteiger partial charge in [-0.2, -0.15) is 0 Å². The zero-order chi connectivity index (χ0) is 16.1. The van der Waals surface area contributed by atoms with Crippen molar-refractivity contribution in [2.24, 2.45) is 5.92 Å². The summed E-state index contributed by atoms with van der Waals surface area (Å²) in [5, 5.41) is 10.4. The number of rotatable bonds is 6. The molecular formula is C17H23Cl2NO2. The van der Waals surface area contributed by atoms with E-state index in [0.717, 1.165) is 38.6 Å². The molecule has 1 fully saturated rings. The molecule has 3 nitrogen and oxygen atoms in total. The second kappa shape index (κ2) is 8.19. The maximum Gasteiger partial charge on any atom is 0.307 e. The molecule has 1 aliphatic heterocycles. The van der Waals surface area contributed by atoms with Crippen molar-refractivity contribution in [2.75, 3.05) is 13.1 Å². The molecule has 0 bridgehead atoms. The van der Waals surface area contributed by atoms with E-state index in [2.05, 4.69) is 11.8 Å². The molecule has 2 unspecified atom stereocenters. The largest absolute Gasteiger partial charge is 0.481 e. The normalized spacial score (nSPS) is 22.7. The number of likely N-dealkylation sites (tertiary alicyclic amines) is 1. The molecule has 0 aliphatic carbocycles. The number of hydrogen-bond donors (Lipinski definition) is 1. The van der Waals surface area contributed by atoms with Crippen LogP contribution in [0.15, 0.2) is 18.2 Å². The van der Waals surface area contributed by atoms with Gasteiger partial charge in [0.1, 0.15) is 0 Å². The van der Waals surface area contributed by atoms with Crippen molar-refractivity contribution in [1.29, 1.82) is 0 Å². The number of aryl methyl sites for hydroxylation is 1. The molecule has 1 saturated heterocycles. The Labute approximate surface area is 142 Å². The number of carbonyl (C=O) groups is 1. The van der Waals surface area contributed by atoms with Crippen LogP contribution in [0.5, 0.6) is 0 Å². The Kier molecular flexibility index (Phi) is 6.54. The Morgan fingerprint density at radius 1 is 1.27 bits per heavy atom. The number of unbranched alkanes of at least 4 members (excludes halogenated alkanes) is 1. The number of hydrogen-bond acceptors (Lipinski definition) is 2. The average molecular weight is 344 g/mol. The fourth-order valence-electron chi connectivity index (χ4n) is 3.03. The van der Waals surface area contributed by atoms with Gasteiger partial charge in [-0.3, -0.25) is 9.69 Å². The van der Waals surface area contributed by atoms with Gasteiger partial charge >= 0.3 is 5.97 Å². The van der Waals surface area contributed by atoms with E-state index in [0.29, 0.717) is 22.6 Å². The molecule has 22 heavy (non-hydrogen) atoms. The third kappa shape index (κ3) is 4.87. The molecule has 2 atom stereocenters. The van der Waals surface area contributed by atoms with Crippen LogP contribution in [0.3, 0.4) is 0 Å². The summed E-state index contributed by atoms with van der Waals surface area (Å²) in [6.45, 7) is 3.84. The number of nitrogens with zero attached hydrogens (tertiary/aromatic N) is 1. The highest BCUT2D eigenvalue weighted by Gasteiger charge is 2.29. The third-order valence-electron chi connectivity index (χ3n) is 4.51. The van der Waals surface area contributed by atoms with Crippen molar-refractivity contribution in [1.82, 2.24) is 4.90 Å². The zero-order valence-corrected chi connectivity index (χ0v) is 14.4. The maximum atomic E-state index is 11.1. The molecule has 1 aromatic rings. The Morgan fingerprint density at radius 3 is 2.73 bits per heavy atom. The minimum atomic E-state index is -0.660. The third-order valence-corrected chi connectivity index (χ3v) is 5.24. The monoisotopic (exact) mass is 343 g/mol. The number of halogens is 2. The van der Waals surface area contributed by atoms with E-state index in [1.54, 1.807) is 0 Å². The van der Waals surface area contributed by atoms with E-state index in [1.807, 2.05) is 18.2 Å². The minimum absolute atomic E-state index is 0.203. The quantitative estimate of drug-likeness (QED) is 0.773. The van der Waals surface area contributed by atoms with Crippen LogP contribution in [0.25, 0.3) is 0 Å². The highest BCUT2D eigenvalue weighted by atomic mass is 35.5. The van der Waals surface area contributed by atoms with Gasteiger partial charge in [0.05, 0.1) is 16.0 Å². The standard InChI is InChI=1S/C17H23Cl2NO2/c1-12-5-7-14(17(21)22)11-20(12)9-3-2-4-13-6-8-15(18)16(19)10-13/h6,8,10,12,14H,2-5,7,9,11H2,1H3,(H,21,22). The van der Waals surface area contributed by atoms with Gasteiger partial charge in [-0.15, -0.1) is 0 Å². The van der Waals surface area contributed by atoms with Gasteiger partial charge in [-0.25, -0.2) is 0 Å². The fraction of sp³-hybridized carbons (Fsp3) is 0.588. The van der Waals surface area contributed by atoms with Crippen molar-refractivity contribution in [3.63, 3.8) is 0 Å². The van der Waals surface area contributed by atoms with Gasteiger partial charge in [0.2, 0.25) is 0 Å². The van der Waals surface area contributed by atoms with Crippen LogP contribution in [-0.4, -0.2) is 35.1 Å². The lowest BCUT2D eigenvalue weighted by atomic mass is 9.93. The molecule has 0 amide bonds. The highest BCUT2D eigenvalue weighted by molar-refractivity contribution is 6.42. The summed E-state index contributed by atoms with van der Waals surface area (Å²) in [4.78, 5) is 13.4. The Hall–Kier alpha value is -0.770. The molecule has 122 valence electrons. The summed E-state index contributed by atoms with van der Waals surface area (Å²) < 4.78 is 0. The predicted molar refractivity (Wildman–Crippen MR) is 90.8 cm³/mol. The summed E-state index contributed by atoms with van der Waals surface area (Å²) in [5.74, 6) is -0.862. The van der Waals surface area contributed by atoms with Crippen molar-refractivity contribution < 1.29 is 9.90 Å². The summed E-state index contributed by atoms with van der Waals surface area (Å²) in [5.41, 5.74) is 1.20. The highest BCUT2D eigenvalue weighted by Crippen LogP contribution is 2.24. The number of carboxylic acid groups (broad SMARTS) is 1. The van der Waals surface area contributed by atoms with Crippen LogP contribution in [-0.2, 0) is 11.2 Å². The van der Waals surface area contributed by atoms with Crippen LogP contribution < -0.4 is 0 Å². The lowest BCUT2D eigenvalue weighted by Gasteiger charge is -2.36. The average Bonchev–Trinajstić information content (AvgIpc) is 2.48. The second-order valence-corrected chi connectivity index (χ2v) is 6.98. The van der Waals surface area contributed by atoms with Crippen molar-refractivity contribution in [3.8, 4) is 0 Å². The first kappa shape index (κ1) is 17.6. The Morgan fingerprint density at radius 2 is 2.05 bits per heavy atom. The molecule has 1 aliphatic rings. The molecule has 0 radical (unpaired) electrons. The van der Waals surface area contributed by atoms with Crippen molar-refractivity contribution in [3.05, 3.63) is 33.8 Å². The molecule has 0 spiro atoms. The maximum absolute atomic E-state index is 11.1. The SMILES string of the molecule is CC1CCC(C(=O)O)CN1CCCCc1ccc(Cl)c(Cl)c1. The lowest BCUT2D eigenvalue weighted by molar-refractivity contribution is -0.144. The first-order valence-electron chi connectivity index (χ1n) is 7.88. The number of piperidine rings is 1. The smallest absolute Gasteiger partial charge is 0.307 e. The van der Waals surface area contributed by atoms with Crippen LogP contribution in [0, 0.1) is 5.92 Å². The lowest BCUT2D eigenvalue weighted by Crippen LogP contribution is -2.44. The van der Waals surface area contributed by atoms with Gasteiger partial charge in [-0.05, 0) is 63.3 Å². The van der Waals surface area contributed by atoms with Crippen LogP contribution in [0.1, 0.15) is 38.2 Å². The zero-order valence-electron chi connectivity index (χ0n) is 12.9. The minimum Gasteiger partial charge on any atom is -0.481 e. The molecule has 1 N–H and O–H groups in total. The van der Waals surface area contributed by atoms with E-state index in [1.165, 1.54) is 5.56 Å². The Bertz CT molecular complexity index is 521. The summed E-state index contributed by atoms with van der Waals surface area (Å²) >= 11 is 11.9. The predicted octanol–water partition coefficient (Wildman–Crippen LogP) is 4.50. The van der Waals surface area contributed by atoms with E-state index in [9.17, 15) is 4.79 Å². The second-order valence-electron chi connectivity index (χ2n) is 6.16. The van der Waals surface area contributed by atoms with Gasteiger partial charge in [0.15, 0.2) is 0 Å². The topological polar surface area (TPSA) is 40.5 Å². The number of benzene rings is 1. The van der Waals surface area contributed by atoms with Crippen molar-refractivity contribution >= 4 is 29.2 Å². The molecule has 0 aromatic heterocycles. The van der Waals surface area contributed by atoms with Gasteiger partial charge < -0.3 is 5.11 Å². The number of carboxylic acids is 1. The van der Waals surface area contributed by atoms with Gasteiger partial charge in [-0.1, -0.05) is 29.3 Å². The first-order valence-corrected chi connectivity index (χ1v) is 8.63. The first-order chi connectivity index (χ1) is 10.5. The number of aliphatic carboxylic acids is 1. The van der Waals surface area contributed by atoms with Gasteiger partial charge in [0.25, 0.3) is 0 Å².